The summed E-state index contributed by atoms with van der Waals surface area (Å²) in [6.45, 7) is 0.645. The minimum absolute atomic E-state index is 0.278. The molecule has 0 amide bonds. The van der Waals surface area contributed by atoms with Crippen LogP contribution in [0.1, 0.15) is 23.8 Å². The number of thiophene rings is 1. The van der Waals surface area contributed by atoms with Crippen LogP contribution in [0.5, 0.6) is 5.75 Å². The molecule has 0 bridgehead atoms. The lowest BCUT2D eigenvalue weighted by Gasteiger charge is -2.22. The van der Waals surface area contributed by atoms with Crippen molar-refractivity contribution < 1.29 is 4.74 Å². The summed E-state index contributed by atoms with van der Waals surface area (Å²) in [7, 11) is 1.68. The number of methoxy groups -OCH3 is 1. The Labute approximate surface area is 128 Å². The molecule has 2 aromatic rings. The van der Waals surface area contributed by atoms with E-state index in [1.54, 1.807) is 18.4 Å². The molecule has 0 radical (unpaired) electrons. The minimum Gasteiger partial charge on any atom is -0.497 e. The van der Waals surface area contributed by atoms with Crippen molar-refractivity contribution in [1.82, 2.24) is 0 Å². The zero-order chi connectivity index (χ0) is 14.7. The average molecular weight is 301 g/mol. The van der Waals surface area contributed by atoms with Crippen molar-refractivity contribution in [3.8, 4) is 5.75 Å². The van der Waals surface area contributed by atoms with Gasteiger partial charge in [0.1, 0.15) is 5.75 Å². The second kappa shape index (κ2) is 6.28. The molecule has 4 nitrogen and oxygen atoms in total. The highest BCUT2D eigenvalue weighted by molar-refractivity contribution is 7.10. The number of ether oxygens (including phenoxy) is 1. The zero-order valence-corrected chi connectivity index (χ0v) is 12.8. The van der Waals surface area contributed by atoms with Crippen LogP contribution < -0.4 is 15.5 Å². The molecular formula is C16H19N3OS. The molecule has 1 aromatic heterocycles. The van der Waals surface area contributed by atoms with Crippen molar-refractivity contribution in [1.29, 1.82) is 0 Å². The molecule has 3 rings (SSSR count). The van der Waals surface area contributed by atoms with Gasteiger partial charge in [0.2, 0.25) is 0 Å². The Bertz CT molecular complexity index is 607. The van der Waals surface area contributed by atoms with E-state index in [0.29, 0.717) is 6.54 Å². The van der Waals surface area contributed by atoms with Crippen LogP contribution in [0.4, 0.5) is 5.69 Å². The first-order chi connectivity index (χ1) is 10.3. The number of hydrogen-bond donors (Lipinski definition) is 1. The average Bonchev–Trinajstić information content (AvgIpc) is 3.16. The number of rotatable bonds is 5. The van der Waals surface area contributed by atoms with Crippen LogP contribution in [0.3, 0.4) is 0 Å². The predicted molar refractivity (Wildman–Crippen MR) is 88.3 cm³/mol. The predicted octanol–water partition coefficient (Wildman–Crippen LogP) is 3.41. The fourth-order valence-electron chi connectivity index (χ4n) is 2.57. The maximum absolute atomic E-state index is 5.68. The number of anilines is 1. The van der Waals surface area contributed by atoms with Gasteiger partial charge in [-0.25, -0.2) is 0 Å². The summed E-state index contributed by atoms with van der Waals surface area (Å²) in [5.74, 6) is 0.858. The Morgan fingerprint density at radius 3 is 2.76 bits per heavy atom. The molecule has 0 saturated heterocycles. The maximum atomic E-state index is 5.68. The molecule has 0 saturated carbocycles. The van der Waals surface area contributed by atoms with Gasteiger partial charge in [-0.3, -0.25) is 5.01 Å². The van der Waals surface area contributed by atoms with Gasteiger partial charge in [-0.05, 0) is 48.7 Å². The highest BCUT2D eigenvalue weighted by atomic mass is 32.1. The van der Waals surface area contributed by atoms with E-state index in [0.717, 1.165) is 24.3 Å². The van der Waals surface area contributed by atoms with Gasteiger partial charge in [-0.1, -0.05) is 6.07 Å². The molecule has 1 aliphatic heterocycles. The SMILES string of the molecule is COc1ccc(N2N=C(CCN)CC2c2cccs2)cc1. The summed E-state index contributed by atoms with van der Waals surface area (Å²) in [6, 6.07) is 12.6. The molecule has 1 atom stereocenters. The van der Waals surface area contributed by atoms with Crippen molar-refractivity contribution >= 4 is 22.7 Å². The smallest absolute Gasteiger partial charge is 0.119 e. The molecule has 1 aromatic carbocycles. The molecule has 1 aliphatic rings. The van der Waals surface area contributed by atoms with Crippen LogP contribution in [-0.2, 0) is 0 Å². The lowest BCUT2D eigenvalue weighted by atomic mass is 10.1. The third-order valence-corrected chi connectivity index (χ3v) is 4.59. The van der Waals surface area contributed by atoms with Gasteiger partial charge in [0.25, 0.3) is 0 Å². The molecule has 0 aliphatic carbocycles. The van der Waals surface area contributed by atoms with E-state index in [1.807, 2.05) is 24.3 Å². The van der Waals surface area contributed by atoms with Gasteiger partial charge in [0.05, 0.1) is 18.8 Å². The zero-order valence-electron chi connectivity index (χ0n) is 12.0. The van der Waals surface area contributed by atoms with E-state index in [9.17, 15) is 0 Å². The van der Waals surface area contributed by atoms with Crippen molar-refractivity contribution in [2.45, 2.75) is 18.9 Å². The summed E-state index contributed by atoms with van der Waals surface area (Å²) >= 11 is 1.78. The van der Waals surface area contributed by atoms with E-state index in [4.69, 9.17) is 15.6 Å². The molecule has 0 fully saturated rings. The van der Waals surface area contributed by atoms with E-state index < -0.39 is 0 Å². The monoisotopic (exact) mass is 301 g/mol. The summed E-state index contributed by atoms with van der Waals surface area (Å²) in [4.78, 5) is 1.33. The highest BCUT2D eigenvalue weighted by Gasteiger charge is 2.29. The standard InChI is InChI=1S/C16H19N3OS/c1-20-14-6-4-13(5-7-14)19-15(16-3-2-10-21-16)11-12(18-19)8-9-17/h2-7,10,15H,8-9,11,17H2,1H3. The highest BCUT2D eigenvalue weighted by Crippen LogP contribution is 2.38. The van der Waals surface area contributed by atoms with Crippen LogP contribution in [0.25, 0.3) is 0 Å². The normalized spacial score (nSPS) is 17.9. The van der Waals surface area contributed by atoms with Crippen LogP contribution in [-0.4, -0.2) is 19.4 Å². The van der Waals surface area contributed by atoms with E-state index >= 15 is 0 Å². The van der Waals surface area contributed by atoms with Crippen molar-refractivity contribution in [2.75, 3.05) is 18.7 Å². The molecule has 2 heterocycles. The molecule has 21 heavy (non-hydrogen) atoms. The van der Waals surface area contributed by atoms with Gasteiger partial charge >= 0.3 is 0 Å². The molecule has 5 heteroatoms. The number of nitrogens with two attached hydrogens (primary N) is 1. The topological polar surface area (TPSA) is 50.8 Å². The Balaban J connectivity index is 1.90. The lowest BCUT2D eigenvalue weighted by Crippen LogP contribution is -2.17. The molecule has 2 N–H and O–H groups in total. The molecule has 0 spiro atoms. The van der Waals surface area contributed by atoms with Crippen LogP contribution >= 0.6 is 11.3 Å². The van der Waals surface area contributed by atoms with E-state index in [2.05, 4.69) is 22.5 Å². The van der Waals surface area contributed by atoms with Crippen LogP contribution in [0, 0.1) is 0 Å². The third kappa shape index (κ3) is 2.94. The van der Waals surface area contributed by atoms with E-state index in [-0.39, 0.29) is 6.04 Å². The first-order valence-corrected chi connectivity index (χ1v) is 7.93. The molecular weight excluding hydrogens is 282 g/mol. The summed E-state index contributed by atoms with van der Waals surface area (Å²) in [6.07, 6.45) is 1.80. The number of hydrazone groups is 1. The first kappa shape index (κ1) is 14.1. The van der Waals surface area contributed by atoms with Crippen molar-refractivity contribution in [3.63, 3.8) is 0 Å². The van der Waals surface area contributed by atoms with Gasteiger partial charge < -0.3 is 10.5 Å². The fourth-order valence-corrected chi connectivity index (χ4v) is 3.38. The maximum Gasteiger partial charge on any atom is 0.119 e. The number of nitrogens with zero attached hydrogens (tertiary/aromatic N) is 2. The summed E-state index contributed by atoms with van der Waals surface area (Å²) < 4.78 is 5.22. The Morgan fingerprint density at radius 2 is 2.14 bits per heavy atom. The van der Waals surface area contributed by atoms with Gasteiger partial charge in [0.15, 0.2) is 0 Å². The Hall–Kier alpha value is -1.85. The van der Waals surface area contributed by atoms with Gasteiger partial charge in [-0.15, -0.1) is 11.3 Å². The fraction of sp³-hybridized carbons (Fsp3) is 0.312. The van der Waals surface area contributed by atoms with Crippen molar-refractivity contribution in [3.05, 3.63) is 46.7 Å². The van der Waals surface area contributed by atoms with Crippen LogP contribution in [0.2, 0.25) is 0 Å². The third-order valence-electron chi connectivity index (χ3n) is 3.61. The molecule has 1 unspecified atom stereocenters. The van der Waals surface area contributed by atoms with Crippen molar-refractivity contribution in [2.24, 2.45) is 10.8 Å². The largest absolute Gasteiger partial charge is 0.497 e. The van der Waals surface area contributed by atoms with E-state index in [1.165, 1.54) is 10.6 Å². The number of benzene rings is 1. The van der Waals surface area contributed by atoms with Crippen LogP contribution in [0.15, 0.2) is 46.9 Å². The minimum atomic E-state index is 0.278. The molecule has 110 valence electrons. The number of hydrogen-bond acceptors (Lipinski definition) is 5. The van der Waals surface area contributed by atoms with Gasteiger partial charge in [0, 0.05) is 17.0 Å². The first-order valence-electron chi connectivity index (χ1n) is 7.05. The Morgan fingerprint density at radius 1 is 1.33 bits per heavy atom. The van der Waals surface area contributed by atoms with Gasteiger partial charge in [-0.2, -0.15) is 5.10 Å². The lowest BCUT2D eigenvalue weighted by molar-refractivity contribution is 0.415. The quantitative estimate of drug-likeness (QED) is 0.920. The second-order valence-corrected chi connectivity index (χ2v) is 5.96. The summed E-state index contributed by atoms with van der Waals surface area (Å²) in [5, 5.41) is 9.00. The summed E-state index contributed by atoms with van der Waals surface area (Å²) in [5.41, 5.74) is 7.94. The Kier molecular flexibility index (Phi) is 4.22. The second-order valence-electron chi connectivity index (χ2n) is 4.98.